The topological polar surface area (TPSA) is 72.2 Å². The van der Waals surface area contributed by atoms with Gasteiger partial charge in [0.2, 0.25) is 10.0 Å². The fourth-order valence-corrected chi connectivity index (χ4v) is 4.58. The molecule has 3 N–H and O–H groups in total. The summed E-state index contributed by atoms with van der Waals surface area (Å²) >= 11 is 0. The van der Waals surface area contributed by atoms with Gasteiger partial charge in [-0.3, -0.25) is 0 Å². The molecule has 0 amide bonds. The van der Waals surface area contributed by atoms with Crippen LogP contribution >= 0.6 is 0 Å². The summed E-state index contributed by atoms with van der Waals surface area (Å²) in [5.74, 6) is 0. The second-order valence-electron chi connectivity index (χ2n) is 5.74. The minimum absolute atomic E-state index is 0.0433. The zero-order valence-corrected chi connectivity index (χ0v) is 13.1. The Balaban J connectivity index is 2.28. The Bertz CT molecular complexity index is 574. The summed E-state index contributed by atoms with van der Waals surface area (Å²) in [6, 6.07) is 3.57. The minimum atomic E-state index is -3.53. The van der Waals surface area contributed by atoms with Crippen molar-refractivity contribution in [3.8, 4) is 0 Å². The van der Waals surface area contributed by atoms with Gasteiger partial charge in [-0.2, -0.15) is 0 Å². The summed E-state index contributed by atoms with van der Waals surface area (Å²) in [6.45, 7) is 3.72. The third kappa shape index (κ3) is 3.33. The van der Waals surface area contributed by atoms with Crippen LogP contribution in [0, 0.1) is 13.8 Å². The van der Waals surface area contributed by atoms with Crippen molar-refractivity contribution < 1.29 is 8.42 Å². The highest BCUT2D eigenvalue weighted by Gasteiger charge is 2.25. The molecule has 1 aliphatic carbocycles. The van der Waals surface area contributed by atoms with Crippen molar-refractivity contribution in [3.63, 3.8) is 0 Å². The summed E-state index contributed by atoms with van der Waals surface area (Å²) in [5, 5.41) is 0. The molecule has 0 heterocycles. The van der Waals surface area contributed by atoms with E-state index in [4.69, 9.17) is 5.73 Å². The quantitative estimate of drug-likeness (QED) is 0.665. The first kappa shape index (κ1) is 15.3. The summed E-state index contributed by atoms with van der Waals surface area (Å²) in [4.78, 5) is 0.252. The van der Waals surface area contributed by atoms with Crippen LogP contribution in [-0.4, -0.2) is 14.5 Å². The van der Waals surface area contributed by atoms with Gasteiger partial charge in [0.1, 0.15) is 4.90 Å². The van der Waals surface area contributed by atoms with E-state index in [2.05, 4.69) is 4.72 Å². The number of hydrogen-bond acceptors (Lipinski definition) is 3. The smallest absolute Gasteiger partial charge is 0.243 e. The Hall–Kier alpha value is -1.07. The molecule has 0 radical (unpaired) electrons. The zero-order valence-electron chi connectivity index (χ0n) is 12.3. The first-order valence-electron chi connectivity index (χ1n) is 7.30. The lowest BCUT2D eigenvalue weighted by Gasteiger charge is -2.19. The predicted octanol–water partition coefficient (Wildman–Crippen LogP) is 2.89. The van der Waals surface area contributed by atoms with Crippen LogP contribution in [0.25, 0.3) is 0 Å². The van der Waals surface area contributed by atoms with Gasteiger partial charge in [0, 0.05) is 6.04 Å². The van der Waals surface area contributed by atoms with Crippen LogP contribution in [0.15, 0.2) is 17.0 Å². The third-order valence-corrected chi connectivity index (χ3v) is 5.88. The first-order chi connectivity index (χ1) is 9.42. The molecule has 112 valence electrons. The van der Waals surface area contributed by atoms with Crippen molar-refractivity contribution >= 4 is 15.7 Å². The molecular formula is C15H24N2O2S. The molecule has 4 nitrogen and oxygen atoms in total. The molecule has 0 atom stereocenters. The van der Waals surface area contributed by atoms with Gasteiger partial charge in [0.05, 0.1) is 5.69 Å². The number of nitrogen functional groups attached to an aromatic ring is 1. The van der Waals surface area contributed by atoms with Crippen molar-refractivity contribution in [1.29, 1.82) is 0 Å². The molecule has 0 aromatic heterocycles. The molecule has 1 saturated carbocycles. The average Bonchev–Trinajstić information content (AvgIpc) is 2.62. The van der Waals surface area contributed by atoms with E-state index < -0.39 is 10.0 Å². The van der Waals surface area contributed by atoms with E-state index in [-0.39, 0.29) is 10.9 Å². The minimum Gasteiger partial charge on any atom is -0.398 e. The molecule has 1 aromatic rings. The Labute approximate surface area is 121 Å². The second-order valence-corrected chi connectivity index (χ2v) is 7.39. The summed E-state index contributed by atoms with van der Waals surface area (Å²) < 4.78 is 28.1. The van der Waals surface area contributed by atoms with Gasteiger partial charge < -0.3 is 5.73 Å². The van der Waals surface area contributed by atoms with Gasteiger partial charge in [-0.1, -0.05) is 31.7 Å². The number of sulfonamides is 1. The monoisotopic (exact) mass is 296 g/mol. The Morgan fingerprint density at radius 2 is 1.70 bits per heavy atom. The Morgan fingerprint density at radius 1 is 1.10 bits per heavy atom. The van der Waals surface area contributed by atoms with Crippen molar-refractivity contribution in [1.82, 2.24) is 4.72 Å². The molecule has 0 bridgehead atoms. The van der Waals surface area contributed by atoms with Crippen molar-refractivity contribution in [2.75, 3.05) is 5.73 Å². The zero-order chi connectivity index (χ0) is 14.8. The standard InChI is InChI=1S/C15H24N2O2S/c1-11-9-10-14(16)15(12(11)2)20(18,19)17-13-7-5-3-4-6-8-13/h9-10,13,17H,3-8,16H2,1-2H3. The SMILES string of the molecule is Cc1ccc(N)c(S(=O)(=O)NC2CCCCCC2)c1C. The third-order valence-electron chi connectivity index (χ3n) is 4.15. The molecule has 20 heavy (non-hydrogen) atoms. The molecule has 0 aliphatic heterocycles. The highest BCUT2D eigenvalue weighted by Crippen LogP contribution is 2.26. The van der Waals surface area contributed by atoms with Crippen molar-refractivity contribution in [2.24, 2.45) is 0 Å². The predicted molar refractivity (Wildman–Crippen MR) is 82.1 cm³/mol. The lowest BCUT2D eigenvalue weighted by molar-refractivity contribution is 0.510. The van der Waals surface area contributed by atoms with Gasteiger partial charge in [-0.25, -0.2) is 13.1 Å². The number of aryl methyl sites for hydroxylation is 1. The maximum Gasteiger partial charge on any atom is 0.243 e. The van der Waals surface area contributed by atoms with Crippen molar-refractivity contribution in [2.45, 2.75) is 63.3 Å². The first-order valence-corrected chi connectivity index (χ1v) is 8.78. The van der Waals surface area contributed by atoms with Gasteiger partial charge in [-0.05, 0) is 43.9 Å². The number of benzene rings is 1. The van der Waals surface area contributed by atoms with Crippen LogP contribution in [-0.2, 0) is 10.0 Å². The maximum atomic E-state index is 12.6. The molecule has 1 aromatic carbocycles. The van der Waals surface area contributed by atoms with E-state index in [0.29, 0.717) is 5.69 Å². The maximum absolute atomic E-state index is 12.6. The van der Waals surface area contributed by atoms with Crippen LogP contribution in [0.5, 0.6) is 0 Å². The number of nitrogens with one attached hydrogen (secondary N) is 1. The van der Waals surface area contributed by atoms with E-state index in [0.717, 1.165) is 36.8 Å². The molecule has 1 fully saturated rings. The van der Waals surface area contributed by atoms with Crippen LogP contribution in [0.4, 0.5) is 5.69 Å². The fourth-order valence-electron chi connectivity index (χ4n) is 2.84. The molecule has 0 unspecified atom stereocenters. The summed E-state index contributed by atoms with van der Waals surface area (Å²) in [7, 11) is -3.53. The summed E-state index contributed by atoms with van der Waals surface area (Å²) in [6.07, 6.45) is 6.42. The van der Waals surface area contributed by atoms with Gasteiger partial charge >= 0.3 is 0 Å². The Morgan fingerprint density at radius 3 is 2.30 bits per heavy atom. The van der Waals surface area contributed by atoms with E-state index in [9.17, 15) is 8.42 Å². The normalized spacial score (nSPS) is 17.9. The molecule has 0 saturated heterocycles. The van der Waals surface area contributed by atoms with Gasteiger partial charge in [0.25, 0.3) is 0 Å². The van der Waals surface area contributed by atoms with E-state index in [1.165, 1.54) is 12.8 Å². The van der Waals surface area contributed by atoms with Crippen LogP contribution in [0.1, 0.15) is 49.7 Å². The number of rotatable bonds is 3. The van der Waals surface area contributed by atoms with Crippen LogP contribution < -0.4 is 10.5 Å². The molecule has 0 spiro atoms. The van der Waals surface area contributed by atoms with E-state index in [1.807, 2.05) is 19.9 Å². The number of anilines is 1. The number of hydrogen-bond donors (Lipinski definition) is 2. The van der Waals surface area contributed by atoms with Gasteiger partial charge in [0.15, 0.2) is 0 Å². The molecule has 2 rings (SSSR count). The van der Waals surface area contributed by atoms with Crippen LogP contribution in [0.2, 0.25) is 0 Å². The molecule has 5 heteroatoms. The van der Waals surface area contributed by atoms with Gasteiger partial charge in [-0.15, -0.1) is 0 Å². The summed E-state index contributed by atoms with van der Waals surface area (Å²) in [5.41, 5.74) is 7.91. The van der Waals surface area contributed by atoms with E-state index in [1.54, 1.807) is 6.07 Å². The van der Waals surface area contributed by atoms with Crippen molar-refractivity contribution in [3.05, 3.63) is 23.3 Å². The lowest BCUT2D eigenvalue weighted by Crippen LogP contribution is -2.35. The fraction of sp³-hybridized carbons (Fsp3) is 0.600. The highest BCUT2D eigenvalue weighted by atomic mass is 32.2. The van der Waals surface area contributed by atoms with Crippen LogP contribution in [0.3, 0.4) is 0 Å². The lowest BCUT2D eigenvalue weighted by atomic mass is 10.1. The second kappa shape index (κ2) is 6.14. The largest absolute Gasteiger partial charge is 0.398 e. The highest BCUT2D eigenvalue weighted by molar-refractivity contribution is 7.89. The number of nitrogens with two attached hydrogens (primary N) is 1. The average molecular weight is 296 g/mol. The molecule has 1 aliphatic rings. The molecular weight excluding hydrogens is 272 g/mol. The van der Waals surface area contributed by atoms with E-state index >= 15 is 0 Å². The Kier molecular flexibility index (Phi) is 4.70.